The van der Waals surface area contributed by atoms with Gasteiger partial charge in [-0.05, 0) is 56.2 Å². The minimum absolute atomic E-state index is 0.225. The fourth-order valence-electron chi connectivity index (χ4n) is 3.56. The fraction of sp³-hybridized carbons (Fsp3) is 0.421. The van der Waals surface area contributed by atoms with Crippen LogP contribution in [0.4, 0.5) is 4.39 Å². The summed E-state index contributed by atoms with van der Waals surface area (Å²) in [5.74, 6) is -0.225. The van der Waals surface area contributed by atoms with E-state index < -0.39 is 6.10 Å². The van der Waals surface area contributed by atoms with Gasteiger partial charge in [0.2, 0.25) is 0 Å². The summed E-state index contributed by atoms with van der Waals surface area (Å²) in [6, 6.07) is 6.60. The van der Waals surface area contributed by atoms with E-state index in [1.807, 2.05) is 6.07 Å². The first-order valence-corrected chi connectivity index (χ1v) is 9.44. The number of aryl methyl sites for hydroxylation is 3. The lowest BCUT2D eigenvalue weighted by atomic mass is 10.0. The number of rotatable bonds is 4. The summed E-state index contributed by atoms with van der Waals surface area (Å²) in [6.45, 7) is 0. The number of aliphatic hydroxyl groups excluding tert-OH is 1. The number of benzene rings is 1. The van der Waals surface area contributed by atoms with Gasteiger partial charge < -0.3 is 5.11 Å². The largest absolute Gasteiger partial charge is 0.387 e. The van der Waals surface area contributed by atoms with Gasteiger partial charge in [0.1, 0.15) is 5.82 Å². The van der Waals surface area contributed by atoms with Crippen molar-refractivity contribution in [1.29, 1.82) is 0 Å². The van der Waals surface area contributed by atoms with Gasteiger partial charge >= 0.3 is 0 Å². The predicted molar refractivity (Wildman–Crippen MR) is 94.0 cm³/mol. The van der Waals surface area contributed by atoms with Crippen molar-refractivity contribution in [3.05, 3.63) is 58.1 Å². The lowest BCUT2D eigenvalue weighted by molar-refractivity contribution is 0.162. The van der Waals surface area contributed by atoms with Gasteiger partial charge in [0.05, 0.1) is 18.0 Å². The molecule has 4 rings (SSSR count). The fourth-order valence-corrected chi connectivity index (χ4v) is 4.75. The normalized spacial score (nSPS) is 16.1. The maximum atomic E-state index is 13.3. The molecule has 2 aromatic heterocycles. The van der Waals surface area contributed by atoms with E-state index in [1.54, 1.807) is 23.6 Å². The maximum absolute atomic E-state index is 13.3. The van der Waals surface area contributed by atoms with Gasteiger partial charge in [0.25, 0.3) is 0 Å². The smallest absolute Gasteiger partial charge is 0.194 e. The second-order valence-corrected chi connectivity index (χ2v) is 7.58. The molecule has 2 heterocycles. The number of halogens is 1. The number of thiazole rings is 1. The molecule has 0 bridgehead atoms. The zero-order valence-electron chi connectivity index (χ0n) is 13.5. The minimum atomic E-state index is -0.578. The Kier molecular flexibility index (Phi) is 4.37. The molecular weight excluding hydrogens is 323 g/mol. The lowest BCUT2D eigenvalue weighted by Crippen LogP contribution is -2.06. The Bertz CT molecular complexity index is 854. The third-order valence-electron chi connectivity index (χ3n) is 4.82. The van der Waals surface area contributed by atoms with Gasteiger partial charge in [-0.15, -0.1) is 11.3 Å². The van der Waals surface area contributed by atoms with Crippen molar-refractivity contribution >= 4 is 16.3 Å². The average Bonchev–Trinajstić information content (AvgIpc) is 3.04. The summed E-state index contributed by atoms with van der Waals surface area (Å²) in [5.41, 5.74) is 3.13. The van der Waals surface area contributed by atoms with Crippen LogP contribution in [0.15, 0.2) is 30.5 Å². The van der Waals surface area contributed by atoms with Crippen LogP contribution in [0.3, 0.4) is 0 Å². The highest BCUT2D eigenvalue weighted by Crippen LogP contribution is 2.32. The lowest BCUT2D eigenvalue weighted by Gasteiger charge is -2.11. The Morgan fingerprint density at radius 1 is 1.25 bits per heavy atom. The molecule has 0 amide bonds. The first-order chi connectivity index (χ1) is 11.7. The van der Waals surface area contributed by atoms with Crippen molar-refractivity contribution in [3.63, 3.8) is 0 Å². The molecule has 1 aliphatic rings. The third kappa shape index (κ3) is 2.98. The average molecular weight is 344 g/mol. The number of nitrogens with zero attached hydrogens (tertiary/aromatic N) is 2. The van der Waals surface area contributed by atoms with Crippen LogP contribution in [0.25, 0.3) is 4.96 Å². The molecule has 1 N–H and O–H groups in total. The summed E-state index contributed by atoms with van der Waals surface area (Å²) in [7, 11) is 0. The highest BCUT2D eigenvalue weighted by Gasteiger charge is 2.21. The molecule has 126 valence electrons. The Labute approximate surface area is 144 Å². The SMILES string of the molecule is OC(CCc1cccc(F)c1)c1cnc2sc3c(n12)CCCCC3. The molecule has 0 radical (unpaired) electrons. The van der Waals surface area contributed by atoms with E-state index in [0.717, 1.165) is 29.1 Å². The Hall–Kier alpha value is -1.72. The summed E-state index contributed by atoms with van der Waals surface area (Å²) in [6.07, 6.45) is 8.36. The molecule has 1 atom stereocenters. The second kappa shape index (κ2) is 6.65. The third-order valence-corrected chi connectivity index (χ3v) is 5.97. The molecule has 0 fully saturated rings. The molecule has 1 aromatic carbocycles. The van der Waals surface area contributed by atoms with Crippen molar-refractivity contribution in [2.75, 3.05) is 0 Å². The number of aliphatic hydroxyl groups is 1. The molecule has 0 spiro atoms. The summed E-state index contributed by atoms with van der Waals surface area (Å²) < 4.78 is 15.5. The van der Waals surface area contributed by atoms with E-state index in [4.69, 9.17) is 0 Å². The van der Waals surface area contributed by atoms with Gasteiger partial charge in [-0.1, -0.05) is 18.6 Å². The zero-order valence-corrected chi connectivity index (χ0v) is 14.4. The molecule has 0 saturated heterocycles. The first-order valence-electron chi connectivity index (χ1n) is 8.63. The van der Waals surface area contributed by atoms with E-state index in [1.165, 1.54) is 42.0 Å². The van der Waals surface area contributed by atoms with E-state index in [2.05, 4.69) is 9.38 Å². The number of hydrogen-bond donors (Lipinski definition) is 1. The zero-order chi connectivity index (χ0) is 16.5. The molecule has 3 nitrogen and oxygen atoms in total. The molecule has 1 unspecified atom stereocenters. The number of fused-ring (bicyclic) bond motifs is 3. The topological polar surface area (TPSA) is 37.5 Å². The van der Waals surface area contributed by atoms with E-state index >= 15 is 0 Å². The number of aromatic nitrogens is 2. The first kappa shape index (κ1) is 15.8. The minimum Gasteiger partial charge on any atom is -0.387 e. The molecule has 0 aliphatic heterocycles. The maximum Gasteiger partial charge on any atom is 0.194 e. The Balaban J connectivity index is 1.58. The van der Waals surface area contributed by atoms with Crippen molar-refractivity contribution in [3.8, 4) is 0 Å². The van der Waals surface area contributed by atoms with Crippen molar-refractivity contribution in [1.82, 2.24) is 9.38 Å². The van der Waals surface area contributed by atoms with Crippen molar-refractivity contribution in [2.45, 2.75) is 51.0 Å². The van der Waals surface area contributed by atoms with Gasteiger partial charge in [-0.3, -0.25) is 4.40 Å². The van der Waals surface area contributed by atoms with E-state index in [0.29, 0.717) is 12.8 Å². The van der Waals surface area contributed by atoms with Crippen LogP contribution in [0, 0.1) is 5.82 Å². The monoisotopic (exact) mass is 344 g/mol. The van der Waals surface area contributed by atoms with Gasteiger partial charge in [-0.25, -0.2) is 9.37 Å². The quantitative estimate of drug-likeness (QED) is 0.709. The number of imidazole rings is 1. The van der Waals surface area contributed by atoms with Crippen LogP contribution in [-0.4, -0.2) is 14.5 Å². The van der Waals surface area contributed by atoms with Crippen molar-refractivity contribution in [2.24, 2.45) is 0 Å². The van der Waals surface area contributed by atoms with Gasteiger partial charge in [-0.2, -0.15) is 0 Å². The molecule has 24 heavy (non-hydrogen) atoms. The van der Waals surface area contributed by atoms with Gasteiger partial charge in [0.15, 0.2) is 4.96 Å². The Morgan fingerprint density at radius 2 is 2.12 bits per heavy atom. The number of hydrogen-bond acceptors (Lipinski definition) is 3. The van der Waals surface area contributed by atoms with Gasteiger partial charge in [0, 0.05) is 10.6 Å². The standard InChI is InChI=1S/C19H21FN2OS/c20-14-6-4-5-13(11-14)9-10-17(23)16-12-21-19-22(16)15-7-2-1-3-8-18(15)24-19/h4-6,11-12,17,23H,1-3,7-10H2. The van der Waals surface area contributed by atoms with Crippen molar-refractivity contribution < 1.29 is 9.50 Å². The van der Waals surface area contributed by atoms with Crippen LogP contribution in [0.2, 0.25) is 0 Å². The Morgan fingerprint density at radius 3 is 3.00 bits per heavy atom. The van der Waals surface area contributed by atoms with Crippen LogP contribution in [0.5, 0.6) is 0 Å². The van der Waals surface area contributed by atoms with Crippen LogP contribution >= 0.6 is 11.3 Å². The summed E-state index contributed by atoms with van der Waals surface area (Å²) in [4.78, 5) is 6.92. The molecule has 0 saturated carbocycles. The highest BCUT2D eigenvalue weighted by atomic mass is 32.1. The molecular formula is C19H21FN2OS. The van der Waals surface area contributed by atoms with E-state index in [9.17, 15) is 9.50 Å². The van der Waals surface area contributed by atoms with Crippen LogP contribution in [-0.2, 0) is 19.3 Å². The summed E-state index contributed by atoms with van der Waals surface area (Å²) in [5, 5.41) is 10.7. The summed E-state index contributed by atoms with van der Waals surface area (Å²) >= 11 is 1.76. The molecule has 1 aliphatic carbocycles. The predicted octanol–water partition coefficient (Wildman–Crippen LogP) is 4.47. The van der Waals surface area contributed by atoms with Crippen LogP contribution < -0.4 is 0 Å². The molecule has 5 heteroatoms. The van der Waals surface area contributed by atoms with Crippen LogP contribution in [0.1, 0.15) is 53.6 Å². The molecule has 3 aromatic rings. The van der Waals surface area contributed by atoms with E-state index in [-0.39, 0.29) is 5.82 Å². The second-order valence-electron chi connectivity index (χ2n) is 6.52. The highest BCUT2D eigenvalue weighted by molar-refractivity contribution is 7.17.